The number of anilines is 1. The Morgan fingerprint density at radius 3 is 2.58 bits per heavy atom. The molecule has 2 unspecified atom stereocenters. The highest BCUT2D eigenvalue weighted by Gasteiger charge is 2.26. The molecule has 0 radical (unpaired) electrons. The first-order chi connectivity index (χ1) is 12.0. The Labute approximate surface area is 160 Å². The number of hydrogen-bond acceptors (Lipinski definition) is 5. The van der Waals surface area contributed by atoms with E-state index in [9.17, 15) is 9.59 Å². The highest BCUT2D eigenvalue weighted by atomic mass is 35.5. The van der Waals surface area contributed by atoms with Crippen LogP contribution >= 0.6 is 12.4 Å². The number of hydrogen-bond donors (Lipinski definition) is 2. The number of rotatable bonds is 4. The van der Waals surface area contributed by atoms with Gasteiger partial charge in [0.15, 0.2) is 0 Å². The molecule has 2 aliphatic rings. The number of carbonyl (C=O) groups excluding carboxylic acids is 2. The summed E-state index contributed by atoms with van der Waals surface area (Å²) in [6, 6.07) is 0. The standard InChI is InChI=1S/C17H27N5O3.ClH/c1-12-8-21(9-13(2)25-12)16(23)11-22-10-15(7-19-22)20-17(24)14-3-5-18-6-4-14;/h7,10,12-14,18H,3-6,8-9,11H2,1-2H3,(H,20,24);1H. The molecule has 0 saturated carbocycles. The second-order valence-electron chi connectivity index (χ2n) is 7.00. The minimum absolute atomic E-state index is 0. The van der Waals surface area contributed by atoms with Crippen LogP contribution in [-0.2, 0) is 20.9 Å². The Morgan fingerprint density at radius 1 is 1.27 bits per heavy atom. The first-order valence-electron chi connectivity index (χ1n) is 8.98. The number of amides is 2. The molecule has 0 bridgehead atoms. The summed E-state index contributed by atoms with van der Waals surface area (Å²) in [7, 11) is 0. The van der Waals surface area contributed by atoms with Gasteiger partial charge in [0.25, 0.3) is 0 Å². The second-order valence-corrected chi connectivity index (χ2v) is 7.00. The van der Waals surface area contributed by atoms with Gasteiger partial charge in [-0.3, -0.25) is 14.3 Å². The van der Waals surface area contributed by atoms with Gasteiger partial charge in [-0.15, -0.1) is 12.4 Å². The maximum absolute atomic E-state index is 12.5. The number of morpholine rings is 1. The predicted octanol–water partition coefficient (Wildman–Crippen LogP) is 0.879. The Kier molecular flexibility index (Phi) is 7.43. The average Bonchev–Trinajstić information content (AvgIpc) is 3.01. The van der Waals surface area contributed by atoms with Crippen LogP contribution in [0.25, 0.3) is 0 Å². The quantitative estimate of drug-likeness (QED) is 0.803. The Morgan fingerprint density at radius 2 is 1.92 bits per heavy atom. The summed E-state index contributed by atoms with van der Waals surface area (Å²) < 4.78 is 7.23. The minimum atomic E-state index is 0. The van der Waals surface area contributed by atoms with Gasteiger partial charge in [0.1, 0.15) is 6.54 Å². The summed E-state index contributed by atoms with van der Waals surface area (Å²) in [5.74, 6) is 0.0899. The predicted molar refractivity (Wildman–Crippen MR) is 100 cm³/mol. The van der Waals surface area contributed by atoms with Crippen LogP contribution < -0.4 is 10.6 Å². The van der Waals surface area contributed by atoms with Gasteiger partial charge in [-0.1, -0.05) is 0 Å². The first-order valence-corrected chi connectivity index (χ1v) is 8.98. The zero-order valence-corrected chi connectivity index (χ0v) is 16.1. The molecule has 0 aliphatic carbocycles. The molecule has 2 N–H and O–H groups in total. The van der Waals surface area contributed by atoms with Crippen LogP contribution in [0.1, 0.15) is 26.7 Å². The van der Waals surface area contributed by atoms with Crippen molar-refractivity contribution in [3.63, 3.8) is 0 Å². The van der Waals surface area contributed by atoms with E-state index in [0.29, 0.717) is 18.8 Å². The van der Waals surface area contributed by atoms with E-state index in [-0.39, 0.29) is 48.9 Å². The fraction of sp³-hybridized carbons (Fsp3) is 0.706. The summed E-state index contributed by atoms with van der Waals surface area (Å²) in [6.07, 6.45) is 5.11. The van der Waals surface area contributed by atoms with Crippen molar-refractivity contribution < 1.29 is 14.3 Å². The Bertz CT molecular complexity index is 607. The molecule has 0 spiro atoms. The number of nitrogens with one attached hydrogen (secondary N) is 2. The summed E-state index contributed by atoms with van der Waals surface area (Å²) in [6.45, 7) is 7.07. The monoisotopic (exact) mass is 385 g/mol. The molecule has 1 aromatic rings. The zero-order valence-electron chi connectivity index (χ0n) is 15.3. The lowest BCUT2D eigenvalue weighted by molar-refractivity contribution is -0.144. The van der Waals surface area contributed by atoms with E-state index >= 15 is 0 Å². The molecule has 2 fully saturated rings. The van der Waals surface area contributed by atoms with Crippen LogP contribution in [0, 0.1) is 5.92 Å². The Hall–Kier alpha value is -1.64. The van der Waals surface area contributed by atoms with Gasteiger partial charge >= 0.3 is 0 Å². The van der Waals surface area contributed by atoms with Crippen molar-refractivity contribution in [2.75, 3.05) is 31.5 Å². The molecule has 3 heterocycles. The van der Waals surface area contributed by atoms with Crippen molar-refractivity contribution in [2.45, 2.75) is 45.4 Å². The summed E-state index contributed by atoms with van der Waals surface area (Å²) >= 11 is 0. The number of ether oxygens (including phenoxy) is 1. The Balaban J connectivity index is 0.00000243. The molecule has 0 aromatic carbocycles. The summed E-state index contributed by atoms with van der Waals surface area (Å²) in [5, 5.41) is 10.4. The molecular formula is C17H28ClN5O3. The molecule has 2 aliphatic heterocycles. The van der Waals surface area contributed by atoms with Crippen molar-refractivity contribution in [3.8, 4) is 0 Å². The van der Waals surface area contributed by atoms with Crippen molar-refractivity contribution in [1.29, 1.82) is 0 Å². The average molecular weight is 386 g/mol. The van der Waals surface area contributed by atoms with Crippen LogP contribution in [0.5, 0.6) is 0 Å². The third-order valence-corrected chi connectivity index (χ3v) is 4.68. The normalized spacial score (nSPS) is 24.0. The van der Waals surface area contributed by atoms with Crippen LogP contribution in [0.15, 0.2) is 12.4 Å². The third-order valence-electron chi connectivity index (χ3n) is 4.68. The molecule has 26 heavy (non-hydrogen) atoms. The first kappa shape index (κ1) is 20.7. The summed E-state index contributed by atoms with van der Waals surface area (Å²) in [5.41, 5.74) is 0.639. The highest BCUT2D eigenvalue weighted by molar-refractivity contribution is 5.92. The van der Waals surface area contributed by atoms with Crippen LogP contribution in [0.3, 0.4) is 0 Å². The van der Waals surface area contributed by atoms with E-state index in [1.165, 1.54) is 0 Å². The molecule has 9 heteroatoms. The topological polar surface area (TPSA) is 88.5 Å². The van der Waals surface area contributed by atoms with Crippen molar-refractivity contribution >= 4 is 29.9 Å². The zero-order chi connectivity index (χ0) is 17.8. The van der Waals surface area contributed by atoms with Gasteiger partial charge in [0.05, 0.1) is 24.1 Å². The van der Waals surface area contributed by atoms with Gasteiger partial charge in [0.2, 0.25) is 11.8 Å². The molecule has 2 atom stereocenters. The van der Waals surface area contributed by atoms with Gasteiger partial charge in [-0.2, -0.15) is 5.10 Å². The fourth-order valence-electron chi connectivity index (χ4n) is 3.46. The van der Waals surface area contributed by atoms with E-state index in [1.807, 2.05) is 18.7 Å². The van der Waals surface area contributed by atoms with E-state index in [0.717, 1.165) is 25.9 Å². The smallest absolute Gasteiger partial charge is 0.244 e. The van der Waals surface area contributed by atoms with Crippen LogP contribution in [0.4, 0.5) is 5.69 Å². The fourth-order valence-corrected chi connectivity index (χ4v) is 3.46. The molecule has 3 rings (SSSR count). The molecule has 8 nitrogen and oxygen atoms in total. The van der Waals surface area contributed by atoms with Crippen molar-refractivity contribution in [1.82, 2.24) is 20.0 Å². The number of halogens is 1. The van der Waals surface area contributed by atoms with E-state index in [4.69, 9.17) is 4.74 Å². The van der Waals surface area contributed by atoms with E-state index in [1.54, 1.807) is 17.1 Å². The molecule has 146 valence electrons. The van der Waals surface area contributed by atoms with E-state index in [2.05, 4.69) is 15.7 Å². The van der Waals surface area contributed by atoms with Crippen molar-refractivity contribution in [2.24, 2.45) is 5.92 Å². The minimum Gasteiger partial charge on any atom is -0.372 e. The number of piperidine rings is 1. The maximum atomic E-state index is 12.5. The highest BCUT2D eigenvalue weighted by Crippen LogP contribution is 2.16. The lowest BCUT2D eigenvalue weighted by Gasteiger charge is -2.35. The van der Waals surface area contributed by atoms with E-state index < -0.39 is 0 Å². The molecule has 1 aromatic heterocycles. The number of aromatic nitrogens is 2. The number of nitrogens with zero attached hydrogens (tertiary/aromatic N) is 3. The number of carbonyl (C=O) groups is 2. The third kappa shape index (κ3) is 5.43. The van der Waals surface area contributed by atoms with Crippen LogP contribution in [0.2, 0.25) is 0 Å². The molecule has 2 amide bonds. The SMILES string of the molecule is CC1CN(C(=O)Cn2cc(NC(=O)C3CCNCC3)cn2)CC(C)O1.Cl. The molecule has 2 saturated heterocycles. The second kappa shape index (κ2) is 9.34. The van der Waals surface area contributed by atoms with Gasteiger partial charge in [-0.25, -0.2) is 0 Å². The van der Waals surface area contributed by atoms with Gasteiger partial charge < -0.3 is 20.3 Å². The van der Waals surface area contributed by atoms with Gasteiger partial charge in [-0.05, 0) is 39.8 Å². The van der Waals surface area contributed by atoms with Gasteiger partial charge in [0, 0.05) is 25.2 Å². The lowest BCUT2D eigenvalue weighted by atomic mass is 9.97. The van der Waals surface area contributed by atoms with Crippen LogP contribution in [-0.4, -0.2) is 64.9 Å². The lowest BCUT2D eigenvalue weighted by Crippen LogP contribution is -2.49. The summed E-state index contributed by atoms with van der Waals surface area (Å²) in [4.78, 5) is 26.5. The molecular weight excluding hydrogens is 358 g/mol. The largest absolute Gasteiger partial charge is 0.372 e. The maximum Gasteiger partial charge on any atom is 0.244 e. The van der Waals surface area contributed by atoms with Crippen molar-refractivity contribution in [3.05, 3.63) is 12.4 Å².